The fourth-order valence-corrected chi connectivity index (χ4v) is 1.35. The second-order valence-corrected chi connectivity index (χ2v) is 3.52. The fourth-order valence-electron chi connectivity index (χ4n) is 1.35. The number of hydrogen-bond acceptors (Lipinski definition) is 3. The molecule has 0 unspecified atom stereocenters. The molecule has 2 amide bonds. The van der Waals surface area contributed by atoms with E-state index in [1.54, 1.807) is 31.3 Å². The highest BCUT2D eigenvalue weighted by molar-refractivity contribution is 5.99. The molecule has 1 aromatic rings. The molecular formula is C12H18ClN3O2. The minimum absolute atomic E-state index is 0. The van der Waals surface area contributed by atoms with Crippen LogP contribution in [0.1, 0.15) is 20.7 Å². The van der Waals surface area contributed by atoms with Crippen LogP contribution in [-0.4, -0.2) is 39.0 Å². The van der Waals surface area contributed by atoms with Gasteiger partial charge in [0.05, 0.1) is 0 Å². The zero-order chi connectivity index (χ0) is 12.7. The Balaban J connectivity index is 0.00000289. The Morgan fingerprint density at radius 2 is 1.67 bits per heavy atom. The summed E-state index contributed by atoms with van der Waals surface area (Å²) in [5.74, 6) is -0.374. The quantitative estimate of drug-likeness (QED) is 0.680. The van der Waals surface area contributed by atoms with Gasteiger partial charge in [0.25, 0.3) is 11.8 Å². The molecule has 0 radical (unpaired) electrons. The van der Waals surface area contributed by atoms with Crippen LogP contribution in [0.2, 0.25) is 0 Å². The largest absolute Gasteiger partial charge is 0.355 e. The van der Waals surface area contributed by atoms with E-state index < -0.39 is 0 Å². The molecular weight excluding hydrogens is 254 g/mol. The molecule has 0 aromatic heterocycles. The van der Waals surface area contributed by atoms with Gasteiger partial charge >= 0.3 is 0 Å². The van der Waals surface area contributed by atoms with Crippen LogP contribution in [0.3, 0.4) is 0 Å². The summed E-state index contributed by atoms with van der Waals surface area (Å²) in [6, 6.07) is 6.62. The maximum atomic E-state index is 11.7. The molecule has 0 aliphatic carbocycles. The van der Waals surface area contributed by atoms with Gasteiger partial charge in [0, 0.05) is 31.3 Å². The van der Waals surface area contributed by atoms with Crippen molar-refractivity contribution in [2.75, 3.05) is 27.2 Å². The van der Waals surface area contributed by atoms with Crippen molar-refractivity contribution >= 4 is 24.2 Å². The van der Waals surface area contributed by atoms with E-state index in [4.69, 9.17) is 0 Å². The Morgan fingerprint density at radius 1 is 1.06 bits per heavy atom. The number of hydrogen-bond donors (Lipinski definition) is 3. The average Bonchev–Trinajstić information content (AvgIpc) is 2.38. The Labute approximate surface area is 113 Å². The standard InChI is InChI=1S/C12H17N3O2.ClH/c1-13-6-7-15-12(17)10-5-3-4-9(8-10)11(16)14-2;/h3-5,8,13H,6-7H2,1-2H3,(H,14,16)(H,15,17);1H. The van der Waals surface area contributed by atoms with E-state index in [9.17, 15) is 9.59 Å². The SMILES string of the molecule is CNCCNC(=O)c1cccc(C(=O)NC)c1.Cl. The van der Waals surface area contributed by atoms with E-state index in [0.717, 1.165) is 0 Å². The van der Waals surface area contributed by atoms with Crippen LogP contribution in [0, 0.1) is 0 Å². The molecule has 0 saturated carbocycles. The third kappa shape index (κ3) is 4.73. The third-order valence-electron chi connectivity index (χ3n) is 2.27. The number of carbonyl (C=O) groups is 2. The minimum Gasteiger partial charge on any atom is -0.355 e. The number of halogens is 1. The van der Waals surface area contributed by atoms with Crippen molar-refractivity contribution in [3.63, 3.8) is 0 Å². The highest BCUT2D eigenvalue weighted by Gasteiger charge is 2.08. The number of amides is 2. The van der Waals surface area contributed by atoms with Crippen molar-refractivity contribution in [3.8, 4) is 0 Å². The molecule has 0 aliphatic rings. The summed E-state index contributed by atoms with van der Waals surface area (Å²) in [5, 5.41) is 8.20. The van der Waals surface area contributed by atoms with Gasteiger partial charge in [-0.15, -0.1) is 12.4 Å². The number of carbonyl (C=O) groups excluding carboxylic acids is 2. The van der Waals surface area contributed by atoms with Crippen molar-refractivity contribution < 1.29 is 9.59 Å². The number of nitrogens with one attached hydrogen (secondary N) is 3. The van der Waals surface area contributed by atoms with E-state index in [-0.39, 0.29) is 24.2 Å². The molecule has 100 valence electrons. The van der Waals surface area contributed by atoms with Gasteiger partial charge in [0.15, 0.2) is 0 Å². The average molecular weight is 272 g/mol. The predicted octanol–water partition coefficient (Wildman–Crippen LogP) is 0.417. The molecule has 0 saturated heterocycles. The Morgan fingerprint density at radius 3 is 2.22 bits per heavy atom. The second-order valence-electron chi connectivity index (χ2n) is 3.52. The van der Waals surface area contributed by atoms with Gasteiger partial charge in [-0.1, -0.05) is 6.07 Å². The molecule has 0 aliphatic heterocycles. The first-order chi connectivity index (χ1) is 8.19. The van der Waals surface area contributed by atoms with Crippen molar-refractivity contribution in [2.45, 2.75) is 0 Å². The second kappa shape index (κ2) is 8.49. The van der Waals surface area contributed by atoms with Crippen LogP contribution < -0.4 is 16.0 Å². The van der Waals surface area contributed by atoms with Crippen LogP contribution in [0.5, 0.6) is 0 Å². The van der Waals surface area contributed by atoms with E-state index in [0.29, 0.717) is 24.2 Å². The molecule has 3 N–H and O–H groups in total. The monoisotopic (exact) mass is 271 g/mol. The third-order valence-corrected chi connectivity index (χ3v) is 2.27. The smallest absolute Gasteiger partial charge is 0.251 e. The number of benzene rings is 1. The molecule has 6 heteroatoms. The van der Waals surface area contributed by atoms with Gasteiger partial charge in [-0.05, 0) is 25.2 Å². The lowest BCUT2D eigenvalue weighted by molar-refractivity contribution is 0.0954. The highest BCUT2D eigenvalue weighted by atomic mass is 35.5. The topological polar surface area (TPSA) is 70.2 Å². The maximum Gasteiger partial charge on any atom is 0.251 e. The normalized spacial score (nSPS) is 9.22. The van der Waals surface area contributed by atoms with Gasteiger partial charge in [-0.2, -0.15) is 0 Å². The summed E-state index contributed by atoms with van der Waals surface area (Å²) in [4.78, 5) is 23.1. The van der Waals surface area contributed by atoms with Crippen LogP contribution in [0.15, 0.2) is 24.3 Å². The van der Waals surface area contributed by atoms with Gasteiger partial charge in [-0.3, -0.25) is 9.59 Å². The first-order valence-corrected chi connectivity index (χ1v) is 5.44. The van der Waals surface area contributed by atoms with Crippen molar-refractivity contribution in [1.82, 2.24) is 16.0 Å². The number of likely N-dealkylation sites (N-methyl/N-ethyl adjacent to an activating group) is 1. The lowest BCUT2D eigenvalue weighted by Crippen LogP contribution is -2.30. The molecule has 0 fully saturated rings. The molecule has 1 aromatic carbocycles. The molecule has 18 heavy (non-hydrogen) atoms. The number of rotatable bonds is 5. The lowest BCUT2D eigenvalue weighted by atomic mass is 10.1. The molecule has 0 spiro atoms. The summed E-state index contributed by atoms with van der Waals surface area (Å²) in [7, 11) is 3.38. The summed E-state index contributed by atoms with van der Waals surface area (Å²) in [5.41, 5.74) is 0.968. The summed E-state index contributed by atoms with van der Waals surface area (Å²) in [6.07, 6.45) is 0. The molecule has 1 rings (SSSR count). The van der Waals surface area contributed by atoms with Crippen molar-refractivity contribution in [3.05, 3.63) is 35.4 Å². The first-order valence-electron chi connectivity index (χ1n) is 5.44. The van der Waals surface area contributed by atoms with Gasteiger partial charge in [0.2, 0.25) is 0 Å². The van der Waals surface area contributed by atoms with E-state index in [1.165, 1.54) is 0 Å². The van der Waals surface area contributed by atoms with Gasteiger partial charge < -0.3 is 16.0 Å². The molecule has 0 heterocycles. The zero-order valence-corrected chi connectivity index (χ0v) is 11.3. The lowest BCUT2D eigenvalue weighted by Gasteiger charge is -2.06. The van der Waals surface area contributed by atoms with Crippen molar-refractivity contribution in [2.24, 2.45) is 0 Å². The zero-order valence-electron chi connectivity index (χ0n) is 10.4. The molecule has 0 bridgehead atoms. The first kappa shape index (κ1) is 16.4. The van der Waals surface area contributed by atoms with E-state index in [2.05, 4.69) is 16.0 Å². The van der Waals surface area contributed by atoms with Crippen LogP contribution >= 0.6 is 12.4 Å². The Hall–Kier alpha value is -1.59. The van der Waals surface area contributed by atoms with Crippen LogP contribution in [0.25, 0.3) is 0 Å². The maximum absolute atomic E-state index is 11.7. The Kier molecular flexibility index (Phi) is 7.74. The summed E-state index contributed by atoms with van der Waals surface area (Å²) < 4.78 is 0. The van der Waals surface area contributed by atoms with E-state index >= 15 is 0 Å². The highest BCUT2D eigenvalue weighted by Crippen LogP contribution is 2.05. The fraction of sp³-hybridized carbons (Fsp3) is 0.333. The van der Waals surface area contributed by atoms with Crippen molar-refractivity contribution in [1.29, 1.82) is 0 Å². The molecule has 5 nitrogen and oxygen atoms in total. The van der Waals surface area contributed by atoms with Crippen LogP contribution in [0.4, 0.5) is 0 Å². The van der Waals surface area contributed by atoms with Gasteiger partial charge in [0.1, 0.15) is 0 Å². The van der Waals surface area contributed by atoms with Crippen LogP contribution in [-0.2, 0) is 0 Å². The van der Waals surface area contributed by atoms with E-state index in [1.807, 2.05) is 7.05 Å². The molecule has 0 atom stereocenters. The summed E-state index contributed by atoms with van der Waals surface area (Å²) in [6.45, 7) is 1.26. The Bertz CT molecular complexity index is 410. The predicted molar refractivity (Wildman–Crippen MR) is 73.3 cm³/mol. The van der Waals surface area contributed by atoms with Gasteiger partial charge in [-0.25, -0.2) is 0 Å². The minimum atomic E-state index is -0.199. The summed E-state index contributed by atoms with van der Waals surface area (Å²) >= 11 is 0.